The lowest BCUT2D eigenvalue weighted by Crippen LogP contribution is -2.15. The highest BCUT2D eigenvalue weighted by atomic mass is 19.4. The summed E-state index contributed by atoms with van der Waals surface area (Å²) < 4.78 is 54.6. The lowest BCUT2D eigenvalue weighted by Gasteiger charge is -2.13. The van der Waals surface area contributed by atoms with Gasteiger partial charge in [0.2, 0.25) is 0 Å². The van der Waals surface area contributed by atoms with Crippen molar-refractivity contribution in [3.05, 3.63) is 17.9 Å². The zero-order valence-corrected chi connectivity index (χ0v) is 10.5. The normalized spacial score (nSPS) is 11.4. The van der Waals surface area contributed by atoms with Gasteiger partial charge in [-0.1, -0.05) is 6.92 Å². The number of hydrogen-bond donors (Lipinski definition) is 2. The summed E-state index contributed by atoms with van der Waals surface area (Å²) in [6.45, 7) is 1.85. The summed E-state index contributed by atoms with van der Waals surface area (Å²) in [7, 11) is 0. The van der Waals surface area contributed by atoms with Crippen LogP contribution in [-0.4, -0.2) is 19.3 Å². The van der Waals surface area contributed by atoms with E-state index in [0.717, 1.165) is 6.07 Å². The van der Waals surface area contributed by atoms with E-state index >= 15 is 0 Å². The van der Waals surface area contributed by atoms with Crippen molar-refractivity contribution in [2.24, 2.45) is 0 Å². The van der Waals surface area contributed by atoms with Crippen molar-refractivity contribution in [2.75, 3.05) is 24.2 Å². The van der Waals surface area contributed by atoms with Gasteiger partial charge in [-0.25, -0.2) is 4.39 Å². The number of halogens is 4. The molecule has 0 aliphatic heterocycles. The maximum Gasteiger partial charge on any atom is 0.390 e. The molecule has 0 atom stereocenters. The molecule has 0 spiro atoms. The van der Waals surface area contributed by atoms with Crippen molar-refractivity contribution in [2.45, 2.75) is 25.9 Å². The first kappa shape index (κ1) is 15.4. The van der Waals surface area contributed by atoms with Gasteiger partial charge in [-0.15, -0.1) is 0 Å². The van der Waals surface area contributed by atoms with Gasteiger partial charge in [0.25, 0.3) is 0 Å². The first-order valence-electron chi connectivity index (χ1n) is 5.86. The van der Waals surface area contributed by atoms with Crippen LogP contribution in [0, 0.1) is 5.82 Å². The van der Waals surface area contributed by atoms with Crippen molar-refractivity contribution in [1.29, 1.82) is 0 Å². The lowest BCUT2D eigenvalue weighted by atomic mass is 10.2. The third-order valence-electron chi connectivity index (χ3n) is 2.29. The van der Waals surface area contributed by atoms with Gasteiger partial charge >= 0.3 is 6.18 Å². The van der Waals surface area contributed by atoms with E-state index in [9.17, 15) is 17.6 Å². The molecule has 3 nitrogen and oxygen atoms in total. The van der Waals surface area contributed by atoms with E-state index in [1.54, 1.807) is 0 Å². The number of nitrogen functional groups attached to an aromatic ring is 1. The van der Waals surface area contributed by atoms with Gasteiger partial charge in [0.05, 0.1) is 24.4 Å². The topological polar surface area (TPSA) is 47.3 Å². The Morgan fingerprint density at radius 2 is 2.00 bits per heavy atom. The molecule has 0 radical (unpaired) electrons. The molecule has 7 heteroatoms. The highest BCUT2D eigenvalue weighted by Crippen LogP contribution is 2.29. The SMILES string of the molecule is CCCOc1cc(NCCC(F)(F)F)c(N)cc1F. The van der Waals surface area contributed by atoms with E-state index in [1.165, 1.54) is 6.07 Å². The van der Waals surface area contributed by atoms with Crippen molar-refractivity contribution >= 4 is 11.4 Å². The van der Waals surface area contributed by atoms with Crippen LogP contribution in [0.2, 0.25) is 0 Å². The van der Waals surface area contributed by atoms with Crippen molar-refractivity contribution in [3.63, 3.8) is 0 Å². The fourth-order valence-corrected chi connectivity index (χ4v) is 1.38. The average molecular weight is 280 g/mol. The van der Waals surface area contributed by atoms with Gasteiger partial charge < -0.3 is 15.8 Å². The maximum atomic E-state index is 13.5. The monoisotopic (exact) mass is 280 g/mol. The largest absolute Gasteiger partial charge is 0.490 e. The number of ether oxygens (including phenoxy) is 1. The highest BCUT2D eigenvalue weighted by Gasteiger charge is 2.26. The molecule has 0 aliphatic carbocycles. The Morgan fingerprint density at radius 3 is 2.58 bits per heavy atom. The van der Waals surface area contributed by atoms with Crippen LogP contribution in [0.15, 0.2) is 12.1 Å². The quantitative estimate of drug-likeness (QED) is 0.618. The molecule has 1 rings (SSSR count). The molecule has 0 aromatic heterocycles. The molecule has 3 N–H and O–H groups in total. The Hall–Kier alpha value is -1.66. The summed E-state index contributed by atoms with van der Waals surface area (Å²) in [5, 5.41) is 2.52. The van der Waals surface area contributed by atoms with Crippen LogP contribution in [0.25, 0.3) is 0 Å². The van der Waals surface area contributed by atoms with Gasteiger partial charge in [0, 0.05) is 18.7 Å². The molecule has 108 valence electrons. The van der Waals surface area contributed by atoms with Gasteiger partial charge in [-0.05, 0) is 6.42 Å². The average Bonchev–Trinajstić information content (AvgIpc) is 2.29. The number of rotatable bonds is 6. The van der Waals surface area contributed by atoms with Crippen LogP contribution in [0.3, 0.4) is 0 Å². The maximum absolute atomic E-state index is 13.5. The van der Waals surface area contributed by atoms with Crippen LogP contribution in [0.1, 0.15) is 19.8 Å². The fourth-order valence-electron chi connectivity index (χ4n) is 1.38. The third kappa shape index (κ3) is 5.23. The summed E-state index contributed by atoms with van der Waals surface area (Å²) in [6.07, 6.45) is -4.54. The predicted octanol–water partition coefficient (Wildman–Crippen LogP) is 3.56. The van der Waals surface area contributed by atoms with Crippen LogP contribution in [0.5, 0.6) is 5.75 Å². The summed E-state index contributed by atoms with van der Waals surface area (Å²) in [5.41, 5.74) is 5.81. The van der Waals surface area contributed by atoms with Gasteiger partial charge in [0.1, 0.15) is 0 Å². The highest BCUT2D eigenvalue weighted by molar-refractivity contribution is 5.68. The second-order valence-corrected chi connectivity index (χ2v) is 4.01. The minimum atomic E-state index is -4.25. The lowest BCUT2D eigenvalue weighted by molar-refractivity contribution is -0.131. The van der Waals surface area contributed by atoms with Crippen molar-refractivity contribution in [1.82, 2.24) is 0 Å². The van der Waals surface area contributed by atoms with Crippen molar-refractivity contribution in [3.8, 4) is 5.75 Å². The van der Waals surface area contributed by atoms with Crippen molar-refractivity contribution < 1.29 is 22.3 Å². The Kier molecular flexibility index (Phi) is 5.26. The number of alkyl halides is 3. The Balaban J connectivity index is 2.71. The second kappa shape index (κ2) is 6.49. The summed E-state index contributed by atoms with van der Waals surface area (Å²) >= 11 is 0. The molecule has 0 amide bonds. The second-order valence-electron chi connectivity index (χ2n) is 4.01. The fraction of sp³-hybridized carbons (Fsp3) is 0.500. The molecular weight excluding hydrogens is 264 g/mol. The van der Waals surface area contributed by atoms with E-state index in [4.69, 9.17) is 10.5 Å². The Labute approximate surface area is 108 Å². The van der Waals surface area contributed by atoms with E-state index in [2.05, 4.69) is 5.32 Å². The van der Waals surface area contributed by atoms with Crippen LogP contribution >= 0.6 is 0 Å². The number of nitrogens with two attached hydrogens (primary N) is 1. The summed E-state index contributed by atoms with van der Waals surface area (Å²) in [6, 6.07) is 2.30. The number of hydrogen-bond acceptors (Lipinski definition) is 3. The van der Waals surface area contributed by atoms with Gasteiger partial charge in [-0.3, -0.25) is 0 Å². The number of benzene rings is 1. The molecule has 0 aliphatic rings. The smallest absolute Gasteiger partial charge is 0.390 e. The first-order chi connectivity index (χ1) is 8.83. The van der Waals surface area contributed by atoms with E-state index in [0.29, 0.717) is 13.0 Å². The van der Waals surface area contributed by atoms with E-state index < -0.39 is 18.4 Å². The molecule has 1 aromatic rings. The zero-order chi connectivity index (χ0) is 14.5. The molecule has 19 heavy (non-hydrogen) atoms. The molecule has 0 fully saturated rings. The molecule has 0 unspecified atom stereocenters. The summed E-state index contributed by atoms with van der Waals surface area (Å²) in [5.74, 6) is -0.655. The first-order valence-corrected chi connectivity index (χ1v) is 5.86. The van der Waals surface area contributed by atoms with Gasteiger partial charge in [-0.2, -0.15) is 13.2 Å². The molecule has 0 bridgehead atoms. The Morgan fingerprint density at radius 1 is 1.32 bits per heavy atom. The van der Waals surface area contributed by atoms with Crippen LogP contribution in [-0.2, 0) is 0 Å². The van der Waals surface area contributed by atoms with E-state index in [-0.39, 0.29) is 23.7 Å². The minimum Gasteiger partial charge on any atom is -0.490 e. The third-order valence-corrected chi connectivity index (χ3v) is 2.29. The summed E-state index contributed by atoms with van der Waals surface area (Å²) in [4.78, 5) is 0. The molecule has 0 saturated heterocycles. The molecule has 0 saturated carbocycles. The van der Waals surface area contributed by atoms with Gasteiger partial charge in [0.15, 0.2) is 11.6 Å². The standard InChI is InChI=1S/C12H16F4N2O/c1-2-5-19-11-7-10(9(17)6-8(11)13)18-4-3-12(14,15)16/h6-7,18H,2-5,17H2,1H3. The van der Waals surface area contributed by atoms with Crippen LogP contribution in [0.4, 0.5) is 28.9 Å². The molecule has 0 heterocycles. The Bertz CT molecular complexity index is 421. The molecule has 1 aromatic carbocycles. The number of anilines is 2. The predicted molar refractivity (Wildman–Crippen MR) is 65.8 cm³/mol. The molecular formula is C12H16F4N2O. The van der Waals surface area contributed by atoms with Crippen LogP contribution < -0.4 is 15.8 Å². The van der Waals surface area contributed by atoms with E-state index in [1.807, 2.05) is 6.92 Å². The number of nitrogens with one attached hydrogen (secondary N) is 1. The minimum absolute atomic E-state index is 0.0226. The zero-order valence-electron chi connectivity index (χ0n) is 10.5.